The van der Waals surface area contributed by atoms with Gasteiger partial charge in [-0.3, -0.25) is 0 Å². The van der Waals surface area contributed by atoms with E-state index in [-0.39, 0.29) is 0 Å². The standard InChI is InChI=1S/C17H29N/c1-7-17(8-2,9-3)18-12-16-11-14(5)13(4)10-15(16)6/h10-11,18H,7-9,12H2,1-6H3. The lowest BCUT2D eigenvalue weighted by molar-refractivity contribution is 0.288. The Balaban J connectivity index is 2.83. The molecular formula is C17H29N. The molecule has 0 saturated heterocycles. The van der Waals surface area contributed by atoms with Crippen molar-refractivity contribution in [3.8, 4) is 0 Å². The minimum atomic E-state index is 0.311. The second kappa shape index (κ2) is 6.38. The molecule has 1 rings (SSSR count). The summed E-state index contributed by atoms with van der Waals surface area (Å²) in [6, 6.07) is 4.64. The third-order valence-electron chi connectivity index (χ3n) is 4.64. The van der Waals surface area contributed by atoms with Crippen molar-refractivity contribution in [2.45, 2.75) is 72.9 Å². The summed E-state index contributed by atoms with van der Waals surface area (Å²) in [6.07, 6.45) is 3.59. The van der Waals surface area contributed by atoms with Crippen molar-refractivity contribution in [3.05, 3.63) is 34.4 Å². The summed E-state index contributed by atoms with van der Waals surface area (Å²) in [6.45, 7) is 14.4. The Labute approximate surface area is 113 Å². The van der Waals surface area contributed by atoms with Gasteiger partial charge in [0.2, 0.25) is 0 Å². The van der Waals surface area contributed by atoms with Gasteiger partial charge in [0, 0.05) is 12.1 Å². The molecule has 1 aromatic rings. The lowest BCUT2D eigenvalue weighted by Crippen LogP contribution is -2.43. The van der Waals surface area contributed by atoms with Gasteiger partial charge in [-0.05, 0) is 62.3 Å². The van der Waals surface area contributed by atoms with Gasteiger partial charge in [-0.2, -0.15) is 0 Å². The van der Waals surface area contributed by atoms with Gasteiger partial charge in [-0.15, -0.1) is 0 Å². The Morgan fingerprint density at radius 2 is 1.33 bits per heavy atom. The molecule has 18 heavy (non-hydrogen) atoms. The molecule has 0 atom stereocenters. The van der Waals surface area contributed by atoms with Gasteiger partial charge in [0.1, 0.15) is 0 Å². The fourth-order valence-electron chi connectivity index (χ4n) is 2.62. The van der Waals surface area contributed by atoms with E-state index < -0.39 is 0 Å². The molecule has 0 aliphatic heterocycles. The second-order valence-electron chi connectivity index (χ2n) is 5.56. The van der Waals surface area contributed by atoms with Crippen LogP contribution in [0.1, 0.15) is 62.3 Å². The van der Waals surface area contributed by atoms with Crippen LogP contribution in [0.25, 0.3) is 0 Å². The molecule has 0 radical (unpaired) electrons. The van der Waals surface area contributed by atoms with E-state index in [1.165, 1.54) is 41.5 Å². The quantitative estimate of drug-likeness (QED) is 0.770. The molecule has 1 aromatic carbocycles. The highest BCUT2D eigenvalue weighted by atomic mass is 15.0. The van der Waals surface area contributed by atoms with E-state index in [9.17, 15) is 0 Å². The number of hydrogen-bond donors (Lipinski definition) is 1. The zero-order chi connectivity index (χ0) is 13.8. The average molecular weight is 247 g/mol. The van der Waals surface area contributed by atoms with Gasteiger partial charge in [-0.1, -0.05) is 32.9 Å². The Kier molecular flexibility index (Phi) is 5.40. The summed E-state index contributed by atoms with van der Waals surface area (Å²) in [5.41, 5.74) is 5.95. The number of hydrogen-bond acceptors (Lipinski definition) is 1. The highest BCUT2D eigenvalue weighted by Gasteiger charge is 2.22. The number of rotatable bonds is 6. The first-order chi connectivity index (χ1) is 8.48. The lowest BCUT2D eigenvalue weighted by atomic mass is 9.89. The van der Waals surface area contributed by atoms with Crippen LogP contribution >= 0.6 is 0 Å². The first-order valence-electron chi connectivity index (χ1n) is 7.29. The van der Waals surface area contributed by atoms with Crippen LogP contribution in [0.2, 0.25) is 0 Å². The Morgan fingerprint density at radius 1 is 0.833 bits per heavy atom. The summed E-state index contributed by atoms with van der Waals surface area (Å²) < 4.78 is 0. The molecule has 0 fully saturated rings. The fourth-order valence-corrected chi connectivity index (χ4v) is 2.62. The van der Waals surface area contributed by atoms with Gasteiger partial charge in [0.15, 0.2) is 0 Å². The second-order valence-corrected chi connectivity index (χ2v) is 5.56. The Hall–Kier alpha value is -0.820. The van der Waals surface area contributed by atoms with Crippen LogP contribution in [0, 0.1) is 20.8 Å². The molecule has 1 N–H and O–H groups in total. The summed E-state index contributed by atoms with van der Waals surface area (Å²) in [5.74, 6) is 0. The molecule has 0 amide bonds. The van der Waals surface area contributed by atoms with Crippen molar-refractivity contribution in [1.29, 1.82) is 0 Å². The molecule has 0 aliphatic rings. The van der Waals surface area contributed by atoms with E-state index in [1.54, 1.807) is 0 Å². The predicted octanol–water partition coefficient (Wildman–Crippen LogP) is 4.67. The highest BCUT2D eigenvalue weighted by molar-refractivity contribution is 5.36. The topological polar surface area (TPSA) is 12.0 Å². The van der Waals surface area contributed by atoms with Gasteiger partial charge in [0.05, 0.1) is 0 Å². The third-order valence-corrected chi connectivity index (χ3v) is 4.64. The molecule has 0 saturated carbocycles. The Morgan fingerprint density at radius 3 is 1.83 bits per heavy atom. The minimum Gasteiger partial charge on any atom is -0.307 e. The Bertz CT molecular complexity index is 381. The monoisotopic (exact) mass is 247 g/mol. The molecule has 102 valence electrons. The number of aryl methyl sites for hydroxylation is 3. The van der Waals surface area contributed by atoms with Crippen molar-refractivity contribution >= 4 is 0 Å². The predicted molar refractivity (Wildman–Crippen MR) is 81.1 cm³/mol. The van der Waals surface area contributed by atoms with Crippen LogP contribution in [0.4, 0.5) is 0 Å². The SMILES string of the molecule is CCC(CC)(CC)NCc1cc(C)c(C)cc1C. The zero-order valence-corrected chi connectivity index (χ0v) is 13.0. The molecule has 0 aliphatic carbocycles. The maximum atomic E-state index is 3.79. The van der Waals surface area contributed by atoms with Crippen molar-refractivity contribution in [1.82, 2.24) is 5.32 Å². The van der Waals surface area contributed by atoms with Gasteiger partial charge < -0.3 is 5.32 Å². The zero-order valence-electron chi connectivity index (χ0n) is 13.0. The molecule has 0 bridgehead atoms. The van der Waals surface area contributed by atoms with E-state index in [0.717, 1.165) is 6.54 Å². The summed E-state index contributed by atoms with van der Waals surface area (Å²) in [7, 11) is 0. The number of benzene rings is 1. The van der Waals surface area contributed by atoms with Crippen molar-refractivity contribution in [2.75, 3.05) is 0 Å². The fraction of sp³-hybridized carbons (Fsp3) is 0.647. The summed E-state index contributed by atoms with van der Waals surface area (Å²) >= 11 is 0. The lowest BCUT2D eigenvalue weighted by Gasteiger charge is -2.32. The first kappa shape index (κ1) is 15.2. The minimum absolute atomic E-state index is 0.311. The van der Waals surface area contributed by atoms with Gasteiger partial charge in [-0.25, -0.2) is 0 Å². The smallest absolute Gasteiger partial charge is 0.0213 e. The third kappa shape index (κ3) is 3.35. The summed E-state index contributed by atoms with van der Waals surface area (Å²) in [5, 5.41) is 3.79. The normalized spacial score (nSPS) is 11.9. The first-order valence-corrected chi connectivity index (χ1v) is 7.29. The van der Waals surface area contributed by atoms with Crippen molar-refractivity contribution in [3.63, 3.8) is 0 Å². The van der Waals surface area contributed by atoms with E-state index in [4.69, 9.17) is 0 Å². The molecule has 1 nitrogen and oxygen atoms in total. The van der Waals surface area contributed by atoms with Crippen LogP contribution in [-0.2, 0) is 6.54 Å². The van der Waals surface area contributed by atoms with Crippen LogP contribution in [0.5, 0.6) is 0 Å². The van der Waals surface area contributed by atoms with Crippen LogP contribution in [0.3, 0.4) is 0 Å². The molecule has 0 spiro atoms. The average Bonchev–Trinajstić information content (AvgIpc) is 2.37. The molecule has 1 heteroatoms. The molecule has 0 aromatic heterocycles. The van der Waals surface area contributed by atoms with Crippen molar-refractivity contribution in [2.24, 2.45) is 0 Å². The molecule has 0 unspecified atom stereocenters. The summed E-state index contributed by atoms with van der Waals surface area (Å²) in [4.78, 5) is 0. The van der Waals surface area contributed by atoms with Gasteiger partial charge >= 0.3 is 0 Å². The maximum absolute atomic E-state index is 3.79. The largest absolute Gasteiger partial charge is 0.307 e. The van der Waals surface area contributed by atoms with E-state index in [0.29, 0.717) is 5.54 Å². The number of nitrogens with one attached hydrogen (secondary N) is 1. The highest BCUT2D eigenvalue weighted by Crippen LogP contribution is 2.21. The van der Waals surface area contributed by atoms with Crippen LogP contribution in [0.15, 0.2) is 12.1 Å². The molecular weight excluding hydrogens is 218 g/mol. The van der Waals surface area contributed by atoms with E-state index >= 15 is 0 Å². The van der Waals surface area contributed by atoms with Crippen molar-refractivity contribution < 1.29 is 0 Å². The molecule has 0 heterocycles. The maximum Gasteiger partial charge on any atom is 0.0213 e. The van der Waals surface area contributed by atoms with Crippen LogP contribution < -0.4 is 5.32 Å². The van der Waals surface area contributed by atoms with E-state index in [2.05, 4.69) is 59.0 Å². The van der Waals surface area contributed by atoms with Gasteiger partial charge in [0.25, 0.3) is 0 Å². The van der Waals surface area contributed by atoms with Crippen LogP contribution in [-0.4, -0.2) is 5.54 Å². The van der Waals surface area contributed by atoms with E-state index in [1.807, 2.05) is 0 Å².